The van der Waals surface area contributed by atoms with Gasteiger partial charge in [0, 0.05) is 0 Å². The van der Waals surface area contributed by atoms with Crippen LogP contribution < -0.4 is 4.46 Å². The normalized spacial score (nSPS) is 12.9. The Kier molecular flexibility index (Phi) is 2.98. The van der Waals surface area contributed by atoms with Crippen molar-refractivity contribution in [3.63, 3.8) is 0 Å². The van der Waals surface area contributed by atoms with Crippen molar-refractivity contribution in [3.05, 3.63) is 29.8 Å². The summed E-state index contributed by atoms with van der Waals surface area (Å²) < 4.78 is 12.4. The summed E-state index contributed by atoms with van der Waals surface area (Å²) in [5, 5.41) is 0.795. The van der Waals surface area contributed by atoms with E-state index in [9.17, 15) is 3.83 Å². The fourth-order valence-corrected chi connectivity index (χ4v) is 2.77. The molecule has 0 spiro atoms. The van der Waals surface area contributed by atoms with E-state index in [-0.39, 0.29) is 0 Å². The van der Waals surface area contributed by atoms with Crippen molar-refractivity contribution >= 4 is 18.3 Å². The van der Waals surface area contributed by atoms with E-state index in [0.717, 1.165) is 9.78 Å². The molecule has 0 fully saturated rings. The van der Waals surface area contributed by atoms with Crippen LogP contribution in [0.5, 0.6) is 0 Å². The Labute approximate surface area is 71.5 Å². The third-order valence-electron chi connectivity index (χ3n) is 1.51. The van der Waals surface area contributed by atoms with E-state index < -0.39 is 13.8 Å². The number of hydrogen-bond donors (Lipinski definition) is 0. The van der Waals surface area contributed by atoms with Gasteiger partial charge in [-0.05, 0) is 0 Å². The van der Waals surface area contributed by atoms with Gasteiger partial charge in [-0.3, -0.25) is 0 Å². The maximum absolute atomic E-state index is 11.4. The Hall–Kier alpha value is -0.461. The predicted molar refractivity (Wildman–Crippen MR) is 47.7 cm³/mol. The summed E-state index contributed by atoms with van der Waals surface area (Å²) in [6.45, 7) is 4.00. The van der Waals surface area contributed by atoms with Crippen LogP contribution in [-0.4, -0.2) is 13.8 Å². The van der Waals surface area contributed by atoms with Crippen molar-refractivity contribution in [2.75, 3.05) is 0 Å². The Morgan fingerprint density at radius 3 is 2.73 bits per heavy atom. The molecule has 0 N–H and O–H groups in total. The maximum atomic E-state index is 11.4. The van der Waals surface area contributed by atoms with Crippen molar-refractivity contribution in [2.24, 2.45) is 0 Å². The fourth-order valence-electron chi connectivity index (χ4n) is 0.924. The first-order valence-corrected chi connectivity index (χ1v) is 6.46. The summed E-state index contributed by atoms with van der Waals surface area (Å²) in [7, 11) is 0. The molecule has 0 saturated carbocycles. The summed E-state index contributed by atoms with van der Waals surface area (Å²) in [6, 6.07) is 7.96. The van der Waals surface area contributed by atoms with Crippen molar-refractivity contribution in [1.82, 2.24) is 0 Å². The average molecular weight is 215 g/mol. The Balaban J connectivity index is 2.96. The van der Waals surface area contributed by atoms with Crippen LogP contribution in [0.3, 0.4) is 0 Å². The summed E-state index contributed by atoms with van der Waals surface area (Å²) in [5.74, 6) is 0. The molecular weight excluding hydrogens is 203 g/mol. The van der Waals surface area contributed by atoms with Crippen LogP contribution in [0.15, 0.2) is 24.3 Å². The molecular formula is C9H12OSe. The second-order valence-corrected chi connectivity index (χ2v) is 6.10. The number of rotatable bonds is 2. The molecule has 60 valence electrons. The van der Waals surface area contributed by atoms with Gasteiger partial charge in [0.15, 0.2) is 0 Å². The van der Waals surface area contributed by atoms with Crippen LogP contribution in [-0.2, 0) is 3.83 Å². The van der Waals surface area contributed by atoms with Gasteiger partial charge < -0.3 is 0 Å². The van der Waals surface area contributed by atoms with E-state index in [1.54, 1.807) is 0 Å². The first-order chi connectivity index (χ1) is 5.24. The van der Waals surface area contributed by atoms with Crippen LogP contribution in [0.4, 0.5) is 0 Å². The van der Waals surface area contributed by atoms with Gasteiger partial charge in [-0.1, -0.05) is 0 Å². The monoisotopic (exact) mass is 216 g/mol. The summed E-state index contributed by atoms with van der Waals surface area (Å²) in [4.78, 5) is 0. The molecule has 0 aliphatic heterocycles. The summed E-state index contributed by atoms with van der Waals surface area (Å²) in [6.07, 6.45) is 0. The molecule has 0 amide bonds. The molecule has 1 aromatic carbocycles. The molecule has 1 unspecified atom stereocenters. The number of hydrogen-bond acceptors (Lipinski definition) is 1. The zero-order chi connectivity index (χ0) is 8.27. The molecule has 1 aromatic rings. The van der Waals surface area contributed by atoms with Gasteiger partial charge in [0.1, 0.15) is 0 Å². The van der Waals surface area contributed by atoms with Crippen molar-refractivity contribution < 1.29 is 3.83 Å². The molecule has 1 rings (SSSR count). The minimum atomic E-state index is -1.69. The van der Waals surface area contributed by atoms with E-state index in [4.69, 9.17) is 0 Å². The van der Waals surface area contributed by atoms with Gasteiger partial charge in [0.2, 0.25) is 0 Å². The Bertz CT molecular complexity index is 268. The molecule has 0 heterocycles. The molecule has 2 heteroatoms. The molecule has 11 heavy (non-hydrogen) atoms. The second kappa shape index (κ2) is 3.79. The second-order valence-electron chi connectivity index (χ2n) is 2.45. The Morgan fingerprint density at radius 2 is 2.18 bits per heavy atom. The molecule has 0 aliphatic rings. The zero-order valence-electron chi connectivity index (χ0n) is 6.83. The van der Waals surface area contributed by atoms with Crippen LogP contribution in [0.1, 0.15) is 12.5 Å². The minimum absolute atomic E-state index is 0.795. The quantitative estimate of drug-likeness (QED) is 0.685. The zero-order valence-corrected chi connectivity index (χ0v) is 8.55. The van der Waals surface area contributed by atoms with Gasteiger partial charge in [-0.2, -0.15) is 0 Å². The molecule has 1 nitrogen and oxygen atoms in total. The fraction of sp³-hybridized carbons (Fsp3) is 0.333. The van der Waals surface area contributed by atoms with E-state index in [2.05, 4.69) is 0 Å². The third kappa shape index (κ3) is 2.25. The topological polar surface area (TPSA) is 17.1 Å². The van der Waals surface area contributed by atoms with Crippen molar-refractivity contribution in [2.45, 2.75) is 19.2 Å². The SMILES string of the molecule is CC[Se](=O)c1cccc(C)c1. The molecule has 0 bridgehead atoms. The van der Waals surface area contributed by atoms with E-state index >= 15 is 0 Å². The van der Waals surface area contributed by atoms with Gasteiger partial charge >= 0.3 is 71.1 Å². The molecule has 0 saturated heterocycles. The van der Waals surface area contributed by atoms with Gasteiger partial charge in [0.25, 0.3) is 0 Å². The first kappa shape index (κ1) is 8.63. The number of benzene rings is 1. The average Bonchev–Trinajstić information content (AvgIpc) is 2.03. The van der Waals surface area contributed by atoms with E-state index in [0.29, 0.717) is 0 Å². The van der Waals surface area contributed by atoms with E-state index in [1.165, 1.54) is 5.56 Å². The molecule has 0 aromatic heterocycles. The van der Waals surface area contributed by atoms with Crippen LogP contribution in [0.2, 0.25) is 5.32 Å². The number of aryl methyl sites for hydroxylation is 1. The molecule has 1 atom stereocenters. The van der Waals surface area contributed by atoms with Crippen molar-refractivity contribution in [3.8, 4) is 0 Å². The standard InChI is InChI=1S/C9H12OSe/c1-3-11(10)9-6-4-5-8(2)7-9/h4-7H,3H2,1-2H3. The predicted octanol–water partition coefficient (Wildman–Crippen LogP) is 1.64. The van der Waals surface area contributed by atoms with Gasteiger partial charge in [-0.25, -0.2) is 0 Å². The van der Waals surface area contributed by atoms with E-state index in [1.807, 2.05) is 38.1 Å². The van der Waals surface area contributed by atoms with Gasteiger partial charge in [0.05, 0.1) is 0 Å². The van der Waals surface area contributed by atoms with Crippen LogP contribution in [0, 0.1) is 6.92 Å². The van der Waals surface area contributed by atoms with Gasteiger partial charge in [-0.15, -0.1) is 0 Å². The third-order valence-corrected chi connectivity index (χ3v) is 4.25. The molecule has 0 aliphatic carbocycles. The Morgan fingerprint density at radius 1 is 1.45 bits per heavy atom. The summed E-state index contributed by atoms with van der Waals surface area (Å²) >= 11 is -1.69. The van der Waals surface area contributed by atoms with Crippen LogP contribution >= 0.6 is 0 Å². The summed E-state index contributed by atoms with van der Waals surface area (Å²) in [5.41, 5.74) is 1.19. The van der Waals surface area contributed by atoms with Crippen LogP contribution in [0.25, 0.3) is 0 Å². The first-order valence-electron chi connectivity index (χ1n) is 3.69. The molecule has 0 radical (unpaired) electrons. The van der Waals surface area contributed by atoms with Crippen molar-refractivity contribution in [1.29, 1.82) is 0 Å².